The van der Waals surface area contributed by atoms with Crippen LogP contribution in [0.15, 0.2) is 158 Å². The van der Waals surface area contributed by atoms with Gasteiger partial charge in [0.1, 0.15) is 13.2 Å². The summed E-state index contributed by atoms with van der Waals surface area (Å²) in [6, 6.07) is 0. The summed E-state index contributed by atoms with van der Waals surface area (Å²) in [6.07, 6.45) is 83.8. The first-order valence-corrected chi connectivity index (χ1v) is 28.0. The molecule has 0 aliphatic heterocycles. The number of rotatable bonds is 48. The van der Waals surface area contributed by atoms with Crippen LogP contribution >= 0.6 is 0 Å². The molecule has 0 bridgehead atoms. The largest absolute Gasteiger partial charge is 0.462 e. The molecule has 71 heavy (non-hydrogen) atoms. The number of hydrogen-bond donors (Lipinski definition) is 0. The van der Waals surface area contributed by atoms with Crippen molar-refractivity contribution < 1.29 is 28.6 Å². The molecule has 0 aliphatic rings. The Morgan fingerprint density at radius 1 is 0.296 bits per heavy atom. The van der Waals surface area contributed by atoms with Crippen LogP contribution in [0.2, 0.25) is 0 Å². The first-order chi connectivity index (χ1) is 35.0. The van der Waals surface area contributed by atoms with Crippen LogP contribution in [0.4, 0.5) is 0 Å². The van der Waals surface area contributed by atoms with Gasteiger partial charge in [-0.3, -0.25) is 14.4 Å². The third-order valence-electron chi connectivity index (χ3n) is 11.0. The van der Waals surface area contributed by atoms with Crippen LogP contribution in [0.1, 0.15) is 213 Å². The number of hydrogen-bond acceptors (Lipinski definition) is 6. The van der Waals surface area contributed by atoms with E-state index in [1.54, 1.807) is 0 Å². The van der Waals surface area contributed by atoms with Crippen LogP contribution in [-0.4, -0.2) is 37.2 Å². The molecule has 0 unspecified atom stereocenters. The summed E-state index contributed by atoms with van der Waals surface area (Å²) >= 11 is 0. The van der Waals surface area contributed by atoms with Crippen molar-refractivity contribution in [2.24, 2.45) is 0 Å². The van der Waals surface area contributed by atoms with Crippen LogP contribution in [0.3, 0.4) is 0 Å². The van der Waals surface area contributed by atoms with Gasteiger partial charge in [0.25, 0.3) is 0 Å². The van der Waals surface area contributed by atoms with Crippen molar-refractivity contribution in [3.63, 3.8) is 0 Å². The minimum atomic E-state index is -0.841. The maximum atomic E-state index is 12.8. The van der Waals surface area contributed by atoms with Gasteiger partial charge in [0.2, 0.25) is 0 Å². The second kappa shape index (κ2) is 57.6. The van der Waals surface area contributed by atoms with Gasteiger partial charge in [-0.25, -0.2) is 0 Å². The van der Waals surface area contributed by atoms with E-state index in [2.05, 4.69) is 167 Å². The second-order valence-corrected chi connectivity index (χ2v) is 17.7. The van der Waals surface area contributed by atoms with Crippen molar-refractivity contribution in [2.45, 2.75) is 219 Å². The normalized spacial score (nSPS) is 13.3. The molecule has 0 aromatic heterocycles. The molecule has 0 saturated heterocycles. The van der Waals surface area contributed by atoms with E-state index < -0.39 is 6.10 Å². The number of carbonyl (C=O) groups excluding carboxylic acids is 3. The molecule has 6 nitrogen and oxygen atoms in total. The van der Waals surface area contributed by atoms with E-state index >= 15 is 0 Å². The lowest BCUT2D eigenvalue weighted by Gasteiger charge is -2.18. The van der Waals surface area contributed by atoms with Gasteiger partial charge in [-0.05, 0) is 135 Å². The molecule has 0 fully saturated rings. The Kier molecular flexibility index (Phi) is 53.6. The molecular weight excluding hydrogens is 877 g/mol. The lowest BCUT2D eigenvalue weighted by Crippen LogP contribution is -2.30. The monoisotopic (exact) mass is 977 g/mol. The molecule has 6 heteroatoms. The highest BCUT2D eigenvalue weighted by Crippen LogP contribution is 2.11. The van der Waals surface area contributed by atoms with E-state index in [4.69, 9.17) is 14.2 Å². The van der Waals surface area contributed by atoms with E-state index in [-0.39, 0.29) is 44.0 Å². The van der Waals surface area contributed by atoms with Crippen LogP contribution in [0.5, 0.6) is 0 Å². The van der Waals surface area contributed by atoms with Crippen LogP contribution < -0.4 is 0 Å². The highest BCUT2D eigenvalue weighted by Gasteiger charge is 2.19. The second-order valence-electron chi connectivity index (χ2n) is 17.7. The zero-order valence-corrected chi connectivity index (χ0v) is 45.2. The maximum absolute atomic E-state index is 12.8. The van der Waals surface area contributed by atoms with Gasteiger partial charge in [0, 0.05) is 19.3 Å². The van der Waals surface area contributed by atoms with E-state index in [1.807, 2.05) is 12.2 Å². The SMILES string of the molecule is CC/C=C\C/C=C\C/C=C\C/C=C\C/C=C\C/C=C\CCC(=O)OC[C@H](COC(=O)CCCCCCC/C=C\C/C=C\C/C=C\CC)OC(=O)CCCCC/C=C\C/C=C\C/C=C\C/C=C\CCCCC. The van der Waals surface area contributed by atoms with Crippen molar-refractivity contribution in [2.75, 3.05) is 13.2 Å². The number of allylic oxidation sites excluding steroid dienone is 26. The quantitative estimate of drug-likeness (QED) is 0.0262. The summed E-state index contributed by atoms with van der Waals surface area (Å²) in [4.78, 5) is 38.1. The molecular formula is C65H100O6. The van der Waals surface area contributed by atoms with Crippen LogP contribution in [-0.2, 0) is 28.6 Å². The Balaban J connectivity index is 4.63. The minimum Gasteiger partial charge on any atom is -0.462 e. The summed E-state index contributed by atoms with van der Waals surface area (Å²) in [5, 5.41) is 0. The third-order valence-corrected chi connectivity index (χ3v) is 11.0. The molecule has 0 radical (unpaired) electrons. The number of esters is 3. The van der Waals surface area contributed by atoms with E-state index in [9.17, 15) is 14.4 Å². The van der Waals surface area contributed by atoms with Crippen molar-refractivity contribution in [1.82, 2.24) is 0 Å². The number of ether oxygens (including phenoxy) is 3. The van der Waals surface area contributed by atoms with Crippen molar-refractivity contribution >= 4 is 17.9 Å². The molecule has 1 atom stereocenters. The summed E-state index contributed by atoms with van der Waals surface area (Å²) in [6.45, 7) is 6.26. The highest BCUT2D eigenvalue weighted by atomic mass is 16.6. The molecule has 396 valence electrons. The first kappa shape index (κ1) is 66.0. The first-order valence-electron chi connectivity index (χ1n) is 28.0. The van der Waals surface area contributed by atoms with Crippen molar-refractivity contribution in [1.29, 1.82) is 0 Å². The smallest absolute Gasteiger partial charge is 0.306 e. The Hall–Kier alpha value is -4.97. The molecule has 0 aliphatic carbocycles. The Morgan fingerprint density at radius 3 is 0.958 bits per heavy atom. The van der Waals surface area contributed by atoms with Gasteiger partial charge in [-0.15, -0.1) is 0 Å². The van der Waals surface area contributed by atoms with Crippen molar-refractivity contribution in [3.8, 4) is 0 Å². The molecule has 0 rings (SSSR count). The fraction of sp³-hybridized carbons (Fsp3) is 0.554. The predicted octanol–water partition coefficient (Wildman–Crippen LogP) is 19.0. The summed E-state index contributed by atoms with van der Waals surface area (Å²) in [7, 11) is 0. The van der Waals surface area contributed by atoms with Crippen LogP contribution in [0.25, 0.3) is 0 Å². The van der Waals surface area contributed by atoms with Crippen molar-refractivity contribution in [3.05, 3.63) is 158 Å². The molecule has 0 saturated carbocycles. The molecule has 0 heterocycles. The maximum Gasteiger partial charge on any atom is 0.306 e. The molecule has 0 N–H and O–H groups in total. The zero-order valence-electron chi connectivity index (χ0n) is 45.2. The van der Waals surface area contributed by atoms with Gasteiger partial charge in [0.05, 0.1) is 0 Å². The summed E-state index contributed by atoms with van der Waals surface area (Å²) in [5.41, 5.74) is 0. The third kappa shape index (κ3) is 55.8. The number of unbranched alkanes of at least 4 members (excludes halogenated alkanes) is 11. The Morgan fingerprint density at radius 2 is 0.577 bits per heavy atom. The molecule has 0 aromatic carbocycles. The van der Waals surface area contributed by atoms with Crippen LogP contribution in [0, 0.1) is 0 Å². The fourth-order valence-corrected chi connectivity index (χ4v) is 6.88. The average Bonchev–Trinajstić information content (AvgIpc) is 3.37. The molecule has 0 spiro atoms. The van der Waals surface area contributed by atoms with E-state index in [1.165, 1.54) is 25.7 Å². The van der Waals surface area contributed by atoms with Gasteiger partial charge >= 0.3 is 17.9 Å². The minimum absolute atomic E-state index is 0.131. The molecule has 0 amide bonds. The van der Waals surface area contributed by atoms with E-state index in [0.717, 1.165) is 135 Å². The highest BCUT2D eigenvalue weighted by molar-refractivity contribution is 5.71. The zero-order chi connectivity index (χ0) is 51.4. The van der Waals surface area contributed by atoms with Gasteiger partial charge in [0.15, 0.2) is 6.10 Å². The Labute approximate surface area is 435 Å². The standard InChI is InChI=1S/C65H100O6/c1-4-7-10-13-16-19-22-25-28-30-32-34-37-40-43-46-49-52-55-58-64(67)70-61-62(60-69-63(66)57-54-51-48-45-42-39-36-27-24-21-18-15-12-9-6-3)71-65(68)59-56-53-50-47-44-41-38-35-33-31-29-26-23-20-17-14-11-8-5-2/h7,9-10,12,16-21,25-29,32-36,40-41,43-44,49,52,62H,4-6,8,11,13-15,22-24,30-31,37-39,42,45-48,50-51,53-61H2,1-3H3/b10-7-,12-9-,19-16-,20-17-,21-18-,28-25-,29-26-,34-32-,35-33-,36-27-,43-40-,44-41-,52-49-/t62-/m0/s1. The summed E-state index contributed by atoms with van der Waals surface area (Å²) in [5.74, 6) is -1.08. The van der Waals surface area contributed by atoms with E-state index in [0.29, 0.717) is 19.3 Å². The van der Waals surface area contributed by atoms with Gasteiger partial charge in [-0.2, -0.15) is 0 Å². The lowest BCUT2D eigenvalue weighted by atomic mass is 10.1. The fourth-order valence-electron chi connectivity index (χ4n) is 6.88. The average molecular weight is 978 g/mol. The van der Waals surface area contributed by atoms with Gasteiger partial charge in [-0.1, -0.05) is 217 Å². The lowest BCUT2D eigenvalue weighted by molar-refractivity contribution is -0.166. The molecule has 0 aromatic rings. The predicted molar refractivity (Wildman–Crippen MR) is 306 cm³/mol. The summed E-state index contributed by atoms with van der Waals surface area (Å²) < 4.78 is 16.7. The number of carbonyl (C=O) groups is 3. The van der Waals surface area contributed by atoms with Gasteiger partial charge < -0.3 is 14.2 Å². The Bertz CT molecular complexity index is 1640. The topological polar surface area (TPSA) is 78.9 Å².